The van der Waals surface area contributed by atoms with Crippen LogP contribution < -0.4 is 20.7 Å². The molecule has 1 aromatic heterocycles. The molecule has 1 unspecified atom stereocenters. The van der Waals surface area contributed by atoms with Crippen LogP contribution >= 0.6 is 0 Å². The van der Waals surface area contributed by atoms with Gasteiger partial charge < -0.3 is 25.4 Å². The average Bonchev–Trinajstić information content (AvgIpc) is 3.36. The first-order valence-electron chi connectivity index (χ1n) is 13.3. The molecule has 1 saturated heterocycles. The molecule has 1 aliphatic rings. The minimum atomic E-state index is -0.202. The van der Waals surface area contributed by atoms with Crippen molar-refractivity contribution >= 4 is 28.3 Å². The standard InChI is InChI=1S/C30H35N5O3/c1-21(23-13-15-31-16-14-23)32-25-9-7-24(8-10-25)30(36)33-29-27-12-11-26(19-28(27)34-35-29)38-18-17-37-20-22-5-3-2-4-6-22/h2-12,19,21,23,31-32H,13-18,20H2,1H3,(H2,33,34,35,36). The SMILES string of the molecule is CC(Nc1ccc(C(=O)Nc2n[nH]c3cc(OCCOCc4ccccc4)ccc23)cc1)C1CCNCC1. The minimum absolute atomic E-state index is 0.202. The summed E-state index contributed by atoms with van der Waals surface area (Å²) in [6, 6.07) is 23.7. The van der Waals surface area contributed by atoms with Crippen LogP contribution in [0, 0.1) is 5.92 Å². The Morgan fingerprint density at radius 3 is 2.61 bits per heavy atom. The van der Waals surface area contributed by atoms with Crippen LogP contribution in [0.15, 0.2) is 72.8 Å². The van der Waals surface area contributed by atoms with E-state index in [1.807, 2.05) is 72.8 Å². The lowest BCUT2D eigenvalue weighted by Crippen LogP contribution is -2.36. The fraction of sp³-hybridized carbons (Fsp3) is 0.333. The van der Waals surface area contributed by atoms with E-state index in [9.17, 15) is 4.79 Å². The Labute approximate surface area is 223 Å². The molecule has 3 aromatic carbocycles. The fourth-order valence-electron chi connectivity index (χ4n) is 4.79. The minimum Gasteiger partial charge on any atom is -0.491 e. The molecule has 8 heteroatoms. The number of aromatic nitrogens is 2. The van der Waals surface area contributed by atoms with Crippen LogP contribution in [0.1, 0.15) is 35.7 Å². The number of hydrogen-bond acceptors (Lipinski definition) is 6. The number of nitrogens with one attached hydrogen (secondary N) is 4. The van der Waals surface area contributed by atoms with E-state index in [2.05, 4.69) is 33.1 Å². The summed E-state index contributed by atoms with van der Waals surface area (Å²) in [4.78, 5) is 12.9. The van der Waals surface area contributed by atoms with Crippen LogP contribution in [0.5, 0.6) is 5.75 Å². The average molecular weight is 514 g/mol. The number of benzene rings is 3. The maximum atomic E-state index is 12.9. The van der Waals surface area contributed by atoms with Crippen molar-refractivity contribution in [2.45, 2.75) is 32.4 Å². The third-order valence-electron chi connectivity index (χ3n) is 7.01. The third kappa shape index (κ3) is 6.70. The van der Waals surface area contributed by atoms with Gasteiger partial charge in [0.05, 0.1) is 18.7 Å². The normalized spacial score (nSPS) is 14.8. The van der Waals surface area contributed by atoms with Crippen LogP contribution in [0.3, 0.4) is 0 Å². The number of carbonyl (C=O) groups is 1. The summed E-state index contributed by atoms with van der Waals surface area (Å²) >= 11 is 0. The number of rotatable bonds is 11. The first-order valence-corrected chi connectivity index (χ1v) is 13.3. The molecule has 1 amide bonds. The van der Waals surface area contributed by atoms with Gasteiger partial charge in [0.2, 0.25) is 0 Å². The van der Waals surface area contributed by atoms with Gasteiger partial charge in [0.25, 0.3) is 5.91 Å². The molecule has 1 fully saturated rings. The van der Waals surface area contributed by atoms with Crippen LogP contribution in [0.4, 0.5) is 11.5 Å². The highest BCUT2D eigenvalue weighted by Crippen LogP contribution is 2.26. The number of nitrogens with zero attached hydrogens (tertiary/aromatic N) is 1. The van der Waals surface area contributed by atoms with Gasteiger partial charge in [-0.05, 0) is 80.7 Å². The van der Waals surface area contributed by atoms with Crippen molar-refractivity contribution in [3.8, 4) is 5.75 Å². The van der Waals surface area contributed by atoms with E-state index in [4.69, 9.17) is 9.47 Å². The first-order chi connectivity index (χ1) is 18.7. The van der Waals surface area contributed by atoms with Gasteiger partial charge in [-0.2, -0.15) is 5.10 Å². The fourth-order valence-corrected chi connectivity index (χ4v) is 4.79. The maximum Gasteiger partial charge on any atom is 0.256 e. The molecule has 0 bridgehead atoms. The van der Waals surface area contributed by atoms with Gasteiger partial charge in [-0.15, -0.1) is 0 Å². The summed E-state index contributed by atoms with van der Waals surface area (Å²) in [6.07, 6.45) is 2.37. The molecule has 0 saturated carbocycles. The third-order valence-corrected chi connectivity index (χ3v) is 7.01. The second kappa shape index (κ2) is 12.6. The zero-order chi connectivity index (χ0) is 26.2. The number of piperidine rings is 1. The van der Waals surface area contributed by atoms with Crippen LogP contribution in [-0.4, -0.2) is 48.4 Å². The second-order valence-electron chi connectivity index (χ2n) is 9.72. The van der Waals surface area contributed by atoms with Crippen molar-refractivity contribution in [2.24, 2.45) is 5.92 Å². The van der Waals surface area contributed by atoms with E-state index in [0.29, 0.717) is 48.9 Å². The van der Waals surface area contributed by atoms with E-state index in [0.717, 1.165) is 35.2 Å². The van der Waals surface area contributed by atoms with Crippen molar-refractivity contribution < 1.29 is 14.3 Å². The van der Waals surface area contributed by atoms with Crippen molar-refractivity contribution in [1.29, 1.82) is 0 Å². The number of anilines is 2. The topological polar surface area (TPSA) is 100 Å². The lowest BCUT2D eigenvalue weighted by atomic mass is 9.91. The quantitative estimate of drug-likeness (QED) is 0.206. The maximum absolute atomic E-state index is 12.9. The Morgan fingerprint density at radius 1 is 1.03 bits per heavy atom. The first kappa shape index (κ1) is 25.8. The summed E-state index contributed by atoms with van der Waals surface area (Å²) in [5.74, 6) is 1.66. The van der Waals surface area contributed by atoms with Gasteiger partial charge in [-0.1, -0.05) is 30.3 Å². The predicted octanol–water partition coefficient (Wildman–Crippen LogP) is 5.21. The van der Waals surface area contributed by atoms with Crippen molar-refractivity contribution in [3.63, 3.8) is 0 Å². The van der Waals surface area contributed by atoms with Crippen LogP contribution in [-0.2, 0) is 11.3 Å². The molecule has 0 spiro atoms. The molecule has 0 aliphatic carbocycles. The molecule has 4 N–H and O–H groups in total. The van der Waals surface area contributed by atoms with E-state index in [1.54, 1.807) is 0 Å². The van der Waals surface area contributed by atoms with E-state index in [1.165, 1.54) is 12.8 Å². The summed E-state index contributed by atoms with van der Waals surface area (Å²) in [5.41, 5.74) is 3.53. The van der Waals surface area contributed by atoms with Gasteiger partial charge in [-0.25, -0.2) is 0 Å². The van der Waals surface area contributed by atoms with Gasteiger partial charge >= 0.3 is 0 Å². The Morgan fingerprint density at radius 2 is 1.82 bits per heavy atom. The second-order valence-corrected chi connectivity index (χ2v) is 9.72. The number of hydrogen-bond donors (Lipinski definition) is 4. The molecule has 1 aliphatic heterocycles. The van der Waals surface area contributed by atoms with E-state index < -0.39 is 0 Å². The molecule has 1 atom stereocenters. The highest BCUT2D eigenvalue weighted by atomic mass is 16.5. The monoisotopic (exact) mass is 513 g/mol. The Bertz CT molecular complexity index is 1320. The lowest BCUT2D eigenvalue weighted by Gasteiger charge is -2.29. The molecule has 4 aromatic rings. The molecule has 38 heavy (non-hydrogen) atoms. The number of fused-ring (bicyclic) bond motifs is 1. The lowest BCUT2D eigenvalue weighted by molar-refractivity contribution is 0.0889. The zero-order valence-corrected chi connectivity index (χ0v) is 21.7. The summed E-state index contributed by atoms with van der Waals surface area (Å²) in [5, 5.41) is 18.0. The van der Waals surface area contributed by atoms with Gasteiger partial charge in [0, 0.05) is 28.7 Å². The Balaban J connectivity index is 1.11. The number of H-pyrrole nitrogens is 1. The predicted molar refractivity (Wildman–Crippen MR) is 151 cm³/mol. The number of aromatic amines is 1. The van der Waals surface area contributed by atoms with Gasteiger partial charge in [0.1, 0.15) is 12.4 Å². The van der Waals surface area contributed by atoms with Crippen molar-refractivity contribution in [3.05, 3.63) is 83.9 Å². The van der Waals surface area contributed by atoms with Crippen LogP contribution in [0.2, 0.25) is 0 Å². The van der Waals surface area contributed by atoms with Crippen LogP contribution in [0.25, 0.3) is 10.9 Å². The molecular weight excluding hydrogens is 478 g/mol. The summed E-state index contributed by atoms with van der Waals surface area (Å²) < 4.78 is 11.5. The molecule has 0 radical (unpaired) electrons. The van der Waals surface area contributed by atoms with E-state index in [-0.39, 0.29) is 5.91 Å². The molecule has 8 nitrogen and oxygen atoms in total. The molecule has 5 rings (SSSR count). The Kier molecular flexibility index (Phi) is 8.53. The van der Waals surface area contributed by atoms with Crippen molar-refractivity contribution in [1.82, 2.24) is 15.5 Å². The summed E-state index contributed by atoms with van der Waals surface area (Å²) in [7, 11) is 0. The highest BCUT2D eigenvalue weighted by molar-refractivity contribution is 6.08. The highest BCUT2D eigenvalue weighted by Gasteiger charge is 2.20. The van der Waals surface area contributed by atoms with Gasteiger partial charge in [-0.3, -0.25) is 9.89 Å². The number of amides is 1. The zero-order valence-electron chi connectivity index (χ0n) is 21.7. The smallest absolute Gasteiger partial charge is 0.256 e. The molecule has 2 heterocycles. The van der Waals surface area contributed by atoms with Crippen molar-refractivity contribution in [2.75, 3.05) is 36.9 Å². The van der Waals surface area contributed by atoms with E-state index >= 15 is 0 Å². The summed E-state index contributed by atoms with van der Waals surface area (Å²) in [6.45, 7) is 5.88. The van der Waals surface area contributed by atoms with Gasteiger partial charge in [0.15, 0.2) is 5.82 Å². The largest absolute Gasteiger partial charge is 0.491 e. The Hall–Kier alpha value is -3.88. The number of ether oxygens (including phenoxy) is 2. The molecular formula is C30H35N5O3. The number of carbonyl (C=O) groups excluding carboxylic acids is 1. The molecule has 198 valence electrons.